The second kappa shape index (κ2) is 5.64. The second-order valence-electron chi connectivity index (χ2n) is 3.65. The number of alkyl halides is 6. The van der Waals surface area contributed by atoms with Gasteiger partial charge < -0.3 is 0 Å². The Kier molecular flexibility index (Phi) is 4.57. The minimum atomic E-state index is -5.19. The molecule has 0 radical (unpaired) electrons. The lowest BCUT2D eigenvalue weighted by Gasteiger charge is -2.04. The molecule has 1 aromatic carbocycles. The summed E-state index contributed by atoms with van der Waals surface area (Å²) in [5.74, 6) is -4.81. The third kappa shape index (κ3) is 4.67. The quantitative estimate of drug-likeness (QED) is 0.639. The Labute approximate surface area is 108 Å². The summed E-state index contributed by atoms with van der Waals surface area (Å²) in [7, 11) is 0. The van der Waals surface area contributed by atoms with Crippen molar-refractivity contribution >= 4 is 12.2 Å². The molecule has 0 saturated carbocycles. The molecule has 0 bridgehead atoms. The molecule has 0 nitrogen and oxygen atoms in total. The summed E-state index contributed by atoms with van der Waals surface area (Å²) in [4.78, 5) is 0. The van der Waals surface area contributed by atoms with Crippen molar-refractivity contribution in [3.05, 3.63) is 47.0 Å². The van der Waals surface area contributed by atoms with Gasteiger partial charge in [0.2, 0.25) is 11.7 Å². The first kappa shape index (κ1) is 16.2. The molecule has 0 saturated heterocycles. The highest BCUT2D eigenvalue weighted by Crippen LogP contribution is 2.30. The van der Waals surface area contributed by atoms with Crippen molar-refractivity contribution in [1.29, 1.82) is 0 Å². The van der Waals surface area contributed by atoms with Gasteiger partial charge in [0.1, 0.15) is 0 Å². The van der Waals surface area contributed by atoms with Crippen molar-refractivity contribution in [3.8, 4) is 0 Å². The van der Waals surface area contributed by atoms with Crippen LogP contribution in [0.1, 0.15) is 11.1 Å². The summed E-state index contributed by atoms with van der Waals surface area (Å²) in [5.41, 5.74) is -0.688. The minimum Gasteiger partial charge on any atom is -0.202 e. The lowest BCUT2D eigenvalue weighted by atomic mass is 10.1. The highest BCUT2D eigenvalue weighted by molar-refractivity contribution is 5.60. The Morgan fingerprint density at radius 2 is 1.10 bits per heavy atom. The molecule has 0 fully saturated rings. The molecule has 0 aliphatic heterocycles. The predicted octanol–water partition coefficient (Wildman–Crippen LogP) is 5.43. The van der Waals surface area contributed by atoms with E-state index in [4.69, 9.17) is 0 Å². The summed E-state index contributed by atoms with van der Waals surface area (Å²) in [5, 5.41) is 0. The summed E-state index contributed by atoms with van der Waals surface area (Å²) >= 11 is 0. The van der Waals surface area contributed by atoms with E-state index in [9.17, 15) is 35.1 Å². The zero-order chi connectivity index (χ0) is 15.6. The van der Waals surface area contributed by atoms with Gasteiger partial charge in [0.25, 0.3) is 0 Å². The lowest BCUT2D eigenvalue weighted by molar-refractivity contribution is -0.108. The molecule has 20 heavy (non-hydrogen) atoms. The maximum Gasteiger partial charge on any atom is 0.442 e. The Hall–Kier alpha value is -1.86. The fourth-order valence-corrected chi connectivity index (χ4v) is 1.19. The Morgan fingerprint density at radius 3 is 1.40 bits per heavy atom. The van der Waals surface area contributed by atoms with Crippen molar-refractivity contribution in [1.82, 2.24) is 0 Å². The minimum absolute atomic E-state index is 0.100. The molecule has 0 atom stereocenters. The maximum atomic E-state index is 12.6. The van der Waals surface area contributed by atoms with Gasteiger partial charge in [0, 0.05) is 0 Å². The van der Waals surface area contributed by atoms with E-state index in [2.05, 4.69) is 0 Å². The van der Waals surface area contributed by atoms with Crippen molar-refractivity contribution in [2.75, 3.05) is 0 Å². The average Bonchev–Trinajstić information content (AvgIpc) is 2.26. The molecule has 8 heteroatoms. The molecule has 0 aliphatic rings. The van der Waals surface area contributed by atoms with Gasteiger partial charge in [0.15, 0.2) is 0 Å². The van der Waals surface area contributed by atoms with Crippen LogP contribution in [-0.4, -0.2) is 12.4 Å². The van der Waals surface area contributed by atoms with Crippen LogP contribution in [0.5, 0.6) is 0 Å². The number of hydrogen-bond acceptors (Lipinski definition) is 0. The molecule has 110 valence electrons. The van der Waals surface area contributed by atoms with Crippen LogP contribution in [0.25, 0.3) is 12.2 Å². The highest BCUT2D eigenvalue weighted by atomic mass is 19.4. The van der Waals surface area contributed by atoms with Gasteiger partial charge in [-0.1, -0.05) is 18.2 Å². The first-order valence-corrected chi connectivity index (χ1v) is 4.99. The fourth-order valence-electron chi connectivity index (χ4n) is 1.19. The van der Waals surface area contributed by atoms with Crippen molar-refractivity contribution in [3.63, 3.8) is 0 Å². The molecule has 0 heterocycles. The molecule has 0 amide bonds. The molecule has 0 aliphatic carbocycles. The smallest absolute Gasteiger partial charge is 0.202 e. The number of allylic oxidation sites excluding steroid dienone is 2. The third-order valence-corrected chi connectivity index (χ3v) is 2.04. The van der Waals surface area contributed by atoms with Crippen LogP contribution in [0.15, 0.2) is 35.9 Å². The van der Waals surface area contributed by atoms with Crippen LogP contribution in [-0.2, 0) is 0 Å². The Morgan fingerprint density at radius 1 is 0.750 bits per heavy atom. The largest absolute Gasteiger partial charge is 0.442 e. The van der Waals surface area contributed by atoms with E-state index in [1.54, 1.807) is 0 Å². The average molecular weight is 302 g/mol. The first-order chi connectivity index (χ1) is 9.00. The molecule has 1 rings (SSSR count). The van der Waals surface area contributed by atoms with E-state index in [1.165, 1.54) is 0 Å². The molecule has 0 aromatic heterocycles. The molecular weight excluding hydrogens is 296 g/mol. The van der Waals surface area contributed by atoms with Crippen molar-refractivity contribution < 1.29 is 35.1 Å². The van der Waals surface area contributed by atoms with Crippen LogP contribution in [0.2, 0.25) is 0 Å². The number of hydrogen-bond donors (Lipinski definition) is 0. The van der Waals surface area contributed by atoms with E-state index >= 15 is 0 Å². The first-order valence-electron chi connectivity index (χ1n) is 4.99. The maximum absolute atomic E-state index is 12.6. The standard InChI is InChI=1S/C12H6F8/c13-9(11(15,16)17)5-7-2-1-3-8(4-7)6-10(14)12(18,19)20/h1-6H/b9-5-,10-6-. The van der Waals surface area contributed by atoms with Gasteiger partial charge in [0.05, 0.1) is 0 Å². The molecule has 0 N–H and O–H groups in total. The second-order valence-corrected chi connectivity index (χ2v) is 3.65. The van der Waals surface area contributed by atoms with Crippen LogP contribution in [0.4, 0.5) is 35.1 Å². The highest BCUT2D eigenvalue weighted by Gasteiger charge is 2.35. The van der Waals surface area contributed by atoms with Gasteiger partial charge in [-0.15, -0.1) is 0 Å². The lowest BCUT2D eigenvalue weighted by Crippen LogP contribution is -2.07. The monoisotopic (exact) mass is 302 g/mol. The Balaban J connectivity index is 3.10. The fraction of sp³-hybridized carbons (Fsp3) is 0.167. The predicted molar refractivity (Wildman–Crippen MR) is 56.7 cm³/mol. The van der Waals surface area contributed by atoms with Gasteiger partial charge >= 0.3 is 12.4 Å². The van der Waals surface area contributed by atoms with Crippen LogP contribution in [0, 0.1) is 0 Å². The van der Waals surface area contributed by atoms with Crippen LogP contribution >= 0.6 is 0 Å². The van der Waals surface area contributed by atoms with E-state index in [0.717, 1.165) is 24.3 Å². The normalized spacial score (nSPS) is 14.6. The van der Waals surface area contributed by atoms with Crippen molar-refractivity contribution in [2.24, 2.45) is 0 Å². The van der Waals surface area contributed by atoms with Crippen LogP contribution in [0.3, 0.4) is 0 Å². The van der Waals surface area contributed by atoms with Crippen molar-refractivity contribution in [2.45, 2.75) is 12.4 Å². The van der Waals surface area contributed by atoms with Gasteiger partial charge in [-0.05, 0) is 29.3 Å². The van der Waals surface area contributed by atoms with E-state index in [0.29, 0.717) is 0 Å². The number of rotatable bonds is 2. The summed E-state index contributed by atoms with van der Waals surface area (Å²) in [6, 6.07) is 3.93. The Bertz CT molecular complexity index is 488. The summed E-state index contributed by atoms with van der Waals surface area (Å²) in [6.07, 6.45) is -10.2. The summed E-state index contributed by atoms with van der Waals surface area (Å²) in [6.45, 7) is 0. The SMILES string of the molecule is F/C(=C\c1cccc(/C=C(\F)C(F)(F)F)c1)C(F)(F)F. The van der Waals surface area contributed by atoms with E-state index < -0.39 is 24.0 Å². The number of benzene rings is 1. The molecule has 1 aromatic rings. The van der Waals surface area contributed by atoms with E-state index in [-0.39, 0.29) is 23.3 Å². The number of halogens is 8. The van der Waals surface area contributed by atoms with Gasteiger partial charge in [-0.3, -0.25) is 0 Å². The third-order valence-electron chi connectivity index (χ3n) is 2.04. The van der Waals surface area contributed by atoms with Crippen LogP contribution < -0.4 is 0 Å². The van der Waals surface area contributed by atoms with E-state index in [1.807, 2.05) is 0 Å². The molecule has 0 spiro atoms. The van der Waals surface area contributed by atoms with Gasteiger partial charge in [-0.2, -0.15) is 26.3 Å². The molecular formula is C12H6F8. The summed E-state index contributed by atoms with van der Waals surface area (Å²) < 4.78 is 96.9. The van der Waals surface area contributed by atoms with Gasteiger partial charge in [-0.25, -0.2) is 8.78 Å². The topological polar surface area (TPSA) is 0 Å². The zero-order valence-corrected chi connectivity index (χ0v) is 9.49. The zero-order valence-electron chi connectivity index (χ0n) is 9.49. The molecule has 0 unspecified atom stereocenters.